The summed E-state index contributed by atoms with van der Waals surface area (Å²) in [5.41, 5.74) is 1.55. The maximum absolute atomic E-state index is 11.1. The molecule has 23 heavy (non-hydrogen) atoms. The molecule has 0 atom stereocenters. The minimum Gasteiger partial charge on any atom is -0.370 e. The Balaban J connectivity index is 2.01. The van der Waals surface area contributed by atoms with Gasteiger partial charge in [0.2, 0.25) is 11.9 Å². The van der Waals surface area contributed by atoms with Crippen LogP contribution in [0.3, 0.4) is 0 Å². The summed E-state index contributed by atoms with van der Waals surface area (Å²) in [6.45, 7) is 6.75. The summed E-state index contributed by atoms with van der Waals surface area (Å²) in [7, 11) is 0. The molecule has 0 aliphatic rings. The molecule has 0 unspecified atom stereocenters. The lowest BCUT2D eigenvalue weighted by molar-refractivity contribution is -0.114. The van der Waals surface area contributed by atoms with Crippen LogP contribution in [-0.2, 0) is 4.79 Å². The number of anilines is 4. The number of aromatic nitrogens is 2. The van der Waals surface area contributed by atoms with Crippen molar-refractivity contribution in [3.05, 3.63) is 36.5 Å². The van der Waals surface area contributed by atoms with E-state index in [1.165, 1.54) is 6.92 Å². The molecule has 0 bridgehead atoms. The number of amides is 1. The van der Waals surface area contributed by atoms with Crippen LogP contribution in [0.25, 0.3) is 0 Å². The Labute approximate surface area is 136 Å². The van der Waals surface area contributed by atoms with E-state index in [9.17, 15) is 4.79 Å². The van der Waals surface area contributed by atoms with Crippen LogP contribution in [0.4, 0.5) is 23.1 Å². The third-order valence-electron chi connectivity index (χ3n) is 3.12. The maximum atomic E-state index is 11.1. The highest BCUT2D eigenvalue weighted by Gasteiger charge is 2.02. The van der Waals surface area contributed by atoms with Gasteiger partial charge < -0.3 is 16.0 Å². The third kappa shape index (κ3) is 5.94. The van der Waals surface area contributed by atoms with Crippen molar-refractivity contribution in [3.63, 3.8) is 0 Å². The van der Waals surface area contributed by atoms with Crippen molar-refractivity contribution >= 4 is 29.0 Å². The van der Waals surface area contributed by atoms with E-state index in [4.69, 9.17) is 0 Å². The predicted molar refractivity (Wildman–Crippen MR) is 94.0 cm³/mol. The molecule has 0 spiro atoms. The number of benzene rings is 1. The monoisotopic (exact) mass is 313 g/mol. The molecule has 2 aromatic rings. The van der Waals surface area contributed by atoms with E-state index >= 15 is 0 Å². The molecule has 1 aromatic carbocycles. The molecule has 0 fully saturated rings. The molecule has 2 rings (SSSR count). The van der Waals surface area contributed by atoms with E-state index in [1.807, 2.05) is 30.3 Å². The van der Waals surface area contributed by atoms with Crippen LogP contribution in [0.2, 0.25) is 0 Å². The zero-order chi connectivity index (χ0) is 16.7. The van der Waals surface area contributed by atoms with E-state index in [0.717, 1.165) is 30.2 Å². The van der Waals surface area contributed by atoms with Gasteiger partial charge in [-0.05, 0) is 36.6 Å². The summed E-state index contributed by atoms with van der Waals surface area (Å²) in [6, 6.07) is 9.27. The first kappa shape index (κ1) is 16.7. The lowest BCUT2D eigenvalue weighted by atomic mass is 10.1. The largest absolute Gasteiger partial charge is 0.370 e. The van der Waals surface area contributed by atoms with Gasteiger partial charge in [-0.2, -0.15) is 4.98 Å². The van der Waals surface area contributed by atoms with Crippen molar-refractivity contribution < 1.29 is 4.79 Å². The molecular formula is C17H23N5O. The lowest BCUT2D eigenvalue weighted by Crippen LogP contribution is -2.08. The first-order valence-electron chi connectivity index (χ1n) is 7.74. The number of nitrogens with zero attached hydrogens (tertiary/aromatic N) is 2. The van der Waals surface area contributed by atoms with E-state index in [2.05, 4.69) is 39.8 Å². The lowest BCUT2D eigenvalue weighted by Gasteiger charge is -2.10. The Morgan fingerprint density at radius 3 is 2.74 bits per heavy atom. The fourth-order valence-corrected chi connectivity index (χ4v) is 2.01. The average Bonchev–Trinajstić information content (AvgIpc) is 2.47. The number of hydrogen-bond donors (Lipinski definition) is 3. The van der Waals surface area contributed by atoms with Crippen molar-refractivity contribution in [2.24, 2.45) is 5.92 Å². The molecule has 0 aliphatic carbocycles. The summed E-state index contributed by atoms with van der Waals surface area (Å²) in [6.07, 6.45) is 2.80. The highest BCUT2D eigenvalue weighted by Crippen LogP contribution is 2.18. The summed E-state index contributed by atoms with van der Waals surface area (Å²) < 4.78 is 0. The molecule has 1 heterocycles. The summed E-state index contributed by atoms with van der Waals surface area (Å²) in [5, 5.41) is 9.18. The van der Waals surface area contributed by atoms with Gasteiger partial charge in [0.05, 0.1) is 0 Å². The number of carbonyl (C=O) groups is 1. The molecule has 0 saturated carbocycles. The van der Waals surface area contributed by atoms with Crippen LogP contribution in [-0.4, -0.2) is 22.4 Å². The molecular weight excluding hydrogens is 290 g/mol. The number of nitrogens with one attached hydrogen (secondary N) is 3. The van der Waals surface area contributed by atoms with E-state index in [0.29, 0.717) is 11.9 Å². The first-order chi connectivity index (χ1) is 11.0. The molecule has 1 aromatic heterocycles. The second-order valence-corrected chi connectivity index (χ2v) is 5.76. The SMILES string of the molecule is CC(=O)Nc1cccc(Nc2nccc(NCCC(C)C)n2)c1. The van der Waals surface area contributed by atoms with Crippen molar-refractivity contribution in [1.82, 2.24) is 9.97 Å². The zero-order valence-electron chi connectivity index (χ0n) is 13.8. The molecule has 6 nitrogen and oxygen atoms in total. The molecule has 122 valence electrons. The second-order valence-electron chi connectivity index (χ2n) is 5.76. The van der Waals surface area contributed by atoms with Gasteiger partial charge in [0.25, 0.3) is 0 Å². The minimum atomic E-state index is -0.102. The van der Waals surface area contributed by atoms with Gasteiger partial charge in [0, 0.05) is 31.0 Å². The first-order valence-corrected chi connectivity index (χ1v) is 7.74. The Bertz CT molecular complexity index is 657. The van der Waals surface area contributed by atoms with Gasteiger partial charge in [0.15, 0.2) is 0 Å². The Morgan fingerprint density at radius 2 is 2.00 bits per heavy atom. The van der Waals surface area contributed by atoms with Crippen molar-refractivity contribution in [2.75, 3.05) is 22.5 Å². The van der Waals surface area contributed by atoms with Crippen LogP contribution in [0, 0.1) is 5.92 Å². The normalized spacial score (nSPS) is 10.4. The molecule has 1 amide bonds. The molecule has 0 aliphatic heterocycles. The van der Waals surface area contributed by atoms with Crippen molar-refractivity contribution in [2.45, 2.75) is 27.2 Å². The fraction of sp³-hybridized carbons (Fsp3) is 0.353. The van der Waals surface area contributed by atoms with Gasteiger partial charge in [-0.15, -0.1) is 0 Å². The van der Waals surface area contributed by atoms with Gasteiger partial charge in [-0.3, -0.25) is 4.79 Å². The second kappa shape index (κ2) is 8.12. The van der Waals surface area contributed by atoms with Crippen LogP contribution < -0.4 is 16.0 Å². The molecule has 0 radical (unpaired) electrons. The maximum Gasteiger partial charge on any atom is 0.229 e. The predicted octanol–water partition coefficient (Wildman–Crippen LogP) is 3.64. The van der Waals surface area contributed by atoms with E-state index < -0.39 is 0 Å². The highest BCUT2D eigenvalue weighted by atomic mass is 16.1. The average molecular weight is 313 g/mol. The van der Waals surface area contributed by atoms with E-state index in [1.54, 1.807) is 6.20 Å². The minimum absolute atomic E-state index is 0.102. The van der Waals surface area contributed by atoms with Crippen LogP contribution in [0.15, 0.2) is 36.5 Å². The van der Waals surface area contributed by atoms with Gasteiger partial charge in [-0.25, -0.2) is 4.98 Å². The third-order valence-corrected chi connectivity index (χ3v) is 3.12. The Kier molecular flexibility index (Phi) is 5.91. The molecule has 6 heteroatoms. The summed E-state index contributed by atoms with van der Waals surface area (Å²) in [5.74, 6) is 1.86. The van der Waals surface area contributed by atoms with Crippen molar-refractivity contribution in [1.29, 1.82) is 0 Å². The zero-order valence-corrected chi connectivity index (χ0v) is 13.8. The Hall–Kier alpha value is -2.63. The van der Waals surface area contributed by atoms with Crippen LogP contribution in [0.5, 0.6) is 0 Å². The summed E-state index contributed by atoms with van der Waals surface area (Å²) in [4.78, 5) is 19.8. The fourth-order valence-electron chi connectivity index (χ4n) is 2.01. The standard InChI is InChI=1S/C17H23N5O/c1-12(2)7-9-18-16-8-10-19-17(22-16)21-15-6-4-5-14(11-15)20-13(3)23/h4-6,8,10-12H,7,9H2,1-3H3,(H,20,23)(H2,18,19,21,22). The summed E-state index contributed by atoms with van der Waals surface area (Å²) >= 11 is 0. The number of hydrogen-bond acceptors (Lipinski definition) is 5. The smallest absolute Gasteiger partial charge is 0.229 e. The topological polar surface area (TPSA) is 78.9 Å². The highest BCUT2D eigenvalue weighted by molar-refractivity contribution is 5.89. The van der Waals surface area contributed by atoms with Gasteiger partial charge in [-0.1, -0.05) is 19.9 Å². The quantitative estimate of drug-likeness (QED) is 0.727. The number of carbonyl (C=O) groups excluding carboxylic acids is 1. The molecule has 0 saturated heterocycles. The van der Waals surface area contributed by atoms with Gasteiger partial charge >= 0.3 is 0 Å². The Morgan fingerprint density at radius 1 is 1.22 bits per heavy atom. The molecule has 3 N–H and O–H groups in total. The van der Waals surface area contributed by atoms with Crippen LogP contribution in [0.1, 0.15) is 27.2 Å². The van der Waals surface area contributed by atoms with Crippen LogP contribution >= 0.6 is 0 Å². The van der Waals surface area contributed by atoms with Gasteiger partial charge in [0.1, 0.15) is 5.82 Å². The van der Waals surface area contributed by atoms with Crippen molar-refractivity contribution in [3.8, 4) is 0 Å². The number of rotatable bonds is 7. The van der Waals surface area contributed by atoms with E-state index in [-0.39, 0.29) is 5.91 Å².